The highest BCUT2D eigenvalue weighted by molar-refractivity contribution is 7.09. The number of carboxylic acid groups (broad SMARTS) is 1. The van der Waals surface area contributed by atoms with Gasteiger partial charge in [-0.2, -0.15) is 0 Å². The molecule has 3 rings (SSSR count). The summed E-state index contributed by atoms with van der Waals surface area (Å²) in [6, 6.07) is 10.6. The molecule has 4 nitrogen and oxygen atoms in total. The summed E-state index contributed by atoms with van der Waals surface area (Å²) in [7, 11) is 0. The average molecular weight is 316 g/mol. The fourth-order valence-corrected chi connectivity index (χ4v) is 3.66. The van der Waals surface area contributed by atoms with E-state index in [1.807, 2.05) is 18.2 Å². The summed E-state index contributed by atoms with van der Waals surface area (Å²) in [6.45, 7) is 0.764. The van der Waals surface area contributed by atoms with Crippen LogP contribution in [0, 0.1) is 5.92 Å². The molecule has 2 N–H and O–H groups in total. The van der Waals surface area contributed by atoms with Crippen LogP contribution in [-0.2, 0) is 11.3 Å². The number of rotatable bonds is 5. The average Bonchev–Trinajstić information content (AvgIpc) is 3.03. The summed E-state index contributed by atoms with van der Waals surface area (Å²) >= 11 is 1.67. The van der Waals surface area contributed by atoms with Gasteiger partial charge in [0.25, 0.3) is 0 Å². The molecule has 1 aliphatic carbocycles. The van der Waals surface area contributed by atoms with Gasteiger partial charge in [0.1, 0.15) is 5.01 Å². The van der Waals surface area contributed by atoms with Gasteiger partial charge < -0.3 is 10.4 Å². The van der Waals surface area contributed by atoms with Crippen LogP contribution in [0.2, 0.25) is 0 Å². The quantitative estimate of drug-likeness (QED) is 0.885. The minimum Gasteiger partial charge on any atom is -0.481 e. The van der Waals surface area contributed by atoms with Gasteiger partial charge in [-0.15, -0.1) is 11.3 Å². The SMILES string of the molecule is O=C(O)C1CCC(NCc2nc(-c3ccccc3)cs2)CC1. The van der Waals surface area contributed by atoms with E-state index in [1.165, 1.54) is 0 Å². The maximum Gasteiger partial charge on any atom is 0.306 e. The van der Waals surface area contributed by atoms with Crippen LogP contribution in [0.15, 0.2) is 35.7 Å². The zero-order valence-corrected chi connectivity index (χ0v) is 13.2. The Kier molecular flexibility index (Phi) is 4.85. The first-order valence-corrected chi connectivity index (χ1v) is 8.56. The Bertz CT molecular complexity index is 619. The molecule has 0 unspecified atom stereocenters. The third kappa shape index (κ3) is 3.72. The van der Waals surface area contributed by atoms with Crippen molar-refractivity contribution < 1.29 is 9.90 Å². The number of hydrogen-bond donors (Lipinski definition) is 2. The third-order valence-corrected chi connectivity index (χ3v) is 5.09. The molecule has 2 aromatic rings. The highest BCUT2D eigenvalue weighted by Crippen LogP contribution is 2.25. The molecule has 22 heavy (non-hydrogen) atoms. The van der Waals surface area contributed by atoms with Crippen LogP contribution in [0.25, 0.3) is 11.3 Å². The molecule has 0 aliphatic heterocycles. The summed E-state index contributed by atoms with van der Waals surface area (Å²) in [4.78, 5) is 15.6. The van der Waals surface area contributed by atoms with E-state index in [0.29, 0.717) is 6.04 Å². The summed E-state index contributed by atoms with van der Waals surface area (Å²) in [6.07, 6.45) is 3.43. The van der Waals surface area contributed by atoms with E-state index in [2.05, 4.69) is 27.8 Å². The smallest absolute Gasteiger partial charge is 0.306 e. The van der Waals surface area contributed by atoms with Crippen LogP contribution in [0.5, 0.6) is 0 Å². The zero-order chi connectivity index (χ0) is 15.4. The van der Waals surface area contributed by atoms with Crippen molar-refractivity contribution in [1.82, 2.24) is 10.3 Å². The fraction of sp³-hybridized carbons (Fsp3) is 0.412. The summed E-state index contributed by atoms with van der Waals surface area (Å²) in [5.74, 6) is -0.798. The highest BCUT2D eigenvalue weighted by atomic mass is 32.1. The van der Waals surface area contributed by atoms with E-state index in [4.69, 9.17) is 5.11 Å². The Morgan fingerprint density at radius 3 is 2.64 bits per heavy atom. The maximum absolute atomic E-state index is 10.9. The van der Waals surface area contributed by atoms with Gasteiger partial charge in [-0.1, -0.05) is 30.3 Å². The van der Waals surface area contributed by atoms with Crippen molar-refractivity contribution in [1.29, 1.82) is 0 Å². The number of nitrogens with zero attached hydrogens (tertiary/aromatic N) is 1. The van der Waals surface area contributed by atoms with E-state index >= 15 is 0 Å². The number of hydrogen-bond acceptors (Lipinski definition) is 4. The lowest BCUT2D eigenvalue weighted by Gasteiger charge is -2.26. The molecule has 1 heterocycles. The molecule has 0 radical (unpaired) electrons. The van der Waals surface area contributed by atoms with Crippen LogP contribution < -0.4 is 5.32 Å². The Balaban J connectivity index is 1.51. The summed E-state index contributed by atoms with van der Waals surface area (Å²) in [5, 5.41) is 15.7. The lowest BCUT2D eigenvalue weighted by atomic mass is 9.86. The molecule has 1 aromatic carbocycles. The van der Waals surface area contributed by atoms with Gasteiger partial charge in [0.05, 0.1) is 11.6 Å². The van der Waals surface area contributed by atoms with Crippen molar-refractivity contribution in [2.45, 2.75) is 38.3 Å². The van der Waals surface area contributed by atoms with Gasteiger partial charge in [-0.3, -0.25) is 4.79 Å². The number of benzene rings is 1. The molecule has 0 bridgehead atoms. The number of aliphatic carboxylic acids is 1. The van der Waals surface area contributed by atoms with E-state index in [9.17, 15) is 4.79 Å². The first-order valence-electron chi connectivity index (χ1n) is 7.68. The van der Waals surface area contributed by atoms with Gasteiger partial charge in [0, 0.05) is 23.5 Å². The molecule has 0 spiro atoms. The Morgan fingerprint density at radius 2 is 1.95 bits per heavy atom. The highest BCUT2D eigenvalue weighted by Gasteiger charge is 2.25. The molecule has 0 saturated heterocycles. The van der Waals surface area contributed by atoms with Gasteiger partial charge in [-0.05, 0) is 25.7 Å². The standard InChI is InChI=1S/C17H20N2O2S/c20-17(21)13-6-8-14(9-7-13)18-10-16-19-15(11-22-16)12-4-2-1-3-5-12/h1-5,11,13-14,18H,6-10H2,(H,20,21). The molecular formula is C17H20N2O2S. The van der Waals surface area contributed by atoms with Crippen LogP contribution in [-0.4, -0.2) is 22.1 Å². The van der Waals surface area contributed by atoms with Gasteiger partial charge in [0.15, 0.2) is 0 Å². The minimum absolute atomic E-state index is 0.150. The normalized spacial score (nSPS) is 21.6. The summed E-state index contributed by atoms with van der Waals surface area (Å²) < 4.78 is 0. The number of aromatic nitrogens is 1. The van der Waals surface area contributed by atoms with Gasteiger partial charge in [-0.25, -0.2) is 4.98 Å². The number of thiazole rings is 1. The van der Waals surface area contributed by atoms with Crippen LogP contribution in [0.1, 0.15) is 30.7 Å². The van der Waals surface area contributed by atoms with Crippen molar-refractivity contribution in [2.24, 2.45) is 5.92 Å². The first kappa shape index (κ1) is 15.2. The van der Waals surface area contributed by atoms with Crippen molar-refractivity contribution in [3.63, 3.8) is 0 Å². The zero-order valence-electron chi connectivity index (χ0n) is 12.4. The Hall–Kier alpha value is -1.72. The first-order chi connectivity index (χ1) is 10.7. The van der Waals surface area contributed by atoms with E-state index < -0.39 is 5.97 Å². The van der Waals surface area contributed by atoms with Crippen molar-refractivity contribution in [2.75, 3.05) is 0 Å². The third-order valence-electron chi connectivity index (χ3n) is 4.24. The molecule has 5 heteroatoms. The lowest BCUT2D eigenvalue weighted by molar-refractivity contribution is -0.142. The molecule has 0 atom stereocenters. The largest absolute Gasteiger partial charge is 0.481 e. The minimum atomic E-state index is -0.647. The number of nitrogens with one attached hydrogen (secondary N) is 1. The van der Waals surface area contributed by atoms with Crippen molar-refractivity contribution >= 4 is 17.3 Å². The molecular weight excluding hydrogens is 296 g/mol. The van der Waals surface area contributed by atoms with Gasteiger partial charge >= 0.3 is 5.97 Å². The number of carboxylic acids is 1. The second-order valence-corrected chi connectivity index (χ2v) is 6.70. The van der Waals surface area contributed by atoms with Crippen molar-refractivity contribution in [3.05, 3.63) is 40.7 Å². The topological polar surface area (TPSA) is 62.2 Å². The molecule has 1 saturated carbocycles. The second kappa shape index (κ2) is 7.03. The molecule has 116 valence electrons. The summed E-state index contributed by atoms with van der Waals surface area (Å²) in [5.41, 5.74) is 2.17. The van der Waals surface area contributed by atoms with Gasteiger partial charge in [0.2, 0.25) is 0 Å². The second-order valence-electron chi connectivity index (χ2n) is 5.76. The monoisotopic (exact) mass is 316 g/mol. The predicted octanol–water partition coefficient (Wildman–Crippen LogP) is 3.54. The van der Waals surface area contributed by atoms with E-state index in [0.717, 1.165) is 48.5 Å². The van der Waals surface area contributed by atoms with Crippen LogP contribution in [0.4, 0.5) is 0 Å². The van der Waals surface area contributed by atoms with Crippen LogP contribution in [0.3, 0.4) is 0 Å². The van der Waals surface area contributed by atoms with E-state index in [1.54, 1.807) is 11.3 Å². The maximum atomic E-state index is 10.9. The Morgan fingerprint density at radius 1 is 1.23 bits per heavy atom. The predicted molar refractivity (Wildman–Crippen MR) is 87.8 cm³/mol. The van der Waals surface area contributed by atoms with Crippen LogP contribution >= 0.6 is 11.3 Å². The Labute approximate surface area is 134 Å². The van der Waals surface area contributed by atoms with Crippen molar-refractivity contribution in [3.8, 4) is 11.3 Å². The molecule has 1 aliphatic rings. The molecule has 1 fully saturated rings. The number of carbonyl (C=O) groups is 1. The van der Waals surface area contributed by atoms with E-state index in [-0.39, 0.29) is 5.92 Å². The fourth-order valence-electron chi connectivity index (χ4n) is 2.91. The molecule has 0 amide bonds. The molecule has 1 aromatic heterocycles. The lowest BCUT2D eigenvalue weighted by Crippen LogP contribution is -2.34.